The fraction of sp³-hybridized carbons (Fsp3) is 0.862. The first kappa shape index (κ1) is 28.5. The topological polar surface area (TPSA) is 101 Å². The highest BCUT2D eigenvalue weighted by atomic mass is 16.7. The van der Waals surface area contributed by atoms with E-state index in [4.69, 9.17) is 23.7 Å². The van der Waals surface area contributed by atoms with Crippen molar-refractivity contribution < 1.29 is 38.4 Å². The number of carbonyl (C=O) groups is 2. The number of hydrogen-bond donors (Lipinski definition) is 1. The molecule has 0 aromatic rings. The van der Waals surface area contributed by atoms with E-state index in [9.17, 15) is 14.7 Å². The second-order valence-corrected chi connectivity index (χ2v) is 12.8. The Labute approximate surface area is 221 Å². The summed E-state index contributed by atoms with van der Waals surface area (Å²) in [5, 5.41) is 10.7. The molecule has 4 aliphatic rings. The van der Waals surface area contributed by atoms with E-state index in [0.29, 0.717) is 18.4 Å². The molecular weight excluding hydrogens is 476 g/mol. The van der Waals surface area contributed by atoms with Crippen LogP contribution in [0.4, 0.5) is 0 Å². The third-order valence-electron chi connectivity index (χ3n) is 10.0. The molecule has 10 unspecified atom stereocenters. The summed E-state index contributed by atoms with van der Waals surface area (Å²) in [5.74, 6) is -0.0967. The molecule has 2 saturated heterocycles. The van der Waals surface area contributed by atoms with E-state index in [1.807, 2.05) is 6.08 Å². The van der Waals surface area contributed by atoms with Crippen molar-refractivity contribution in [3.05, 3.63) is 12.7 Å². The Balaban J connectivity index is 1.49. The van der Waals surface area contributed by atoms with Gasteiger partial charge in [0.15, 0.2) is 12.4 Å². The van der Waals surface area contributed by atoms with Crippen LogP contribution in [0.1, 0.15) is 86.5 Å². The number of carbonyl (C=O) groups excluding carboxylic acids is 2. The van der Waals surface area contributed by atoms with Crippen LogP contribution in [-0.4, -0.2) is 66.1 Å². The van der Waals surface area contributed by atoms with Crippen LogP contribution in [0.2, 0.25) is 0 Å². The second-order valence-electron chi connectivity index (χ2n) is 12.8. The van der Waals surface area contributed by atoms with Crippen LogP contribution in [0.5, 0.6) is 0 Å². The van der Waals surface area contributed by atoms with Crippen LogP contribution in [0, 0.1) is 22.7 Å². The van der Waals surface area contributed by atoms with Crippen LogP contribution < -0.4 is 0 Å². The van der Waals surface area contributed by atoms with Gasteiger partial charge in [0.25, 0.3) is 0 Å². The molecule has 2 aliphatic heterocycles. The molecule has 8 nitrogen and oxygen atoms in total. The molecule has 2 heterocycles. The third-order valence-corrected chi connectivity index (χ3v) is 10.0. The third kappa shape index (κ3) is 5.36. The van der Waals surface area contributed by atoms with Gasteiger partial charge in [-0.25, -0.2) is 0 Å². The van der Waals surface area contributed by atoms with Gasteiger partial charge in [-0.2, -0.15) is 0 Å². The molecule has 0 radical (unpaired) electrons. The number of aliphatic hydroxyl groups excluding tert-OH is 1. The molecule has 4 fully saturated rings. The van der Waals surface area contributed by atoms with Gasteiger partial charge in [0.05, 0.1) is 17.8 Å². The summed E-state index contributed by atoms with van der Waals surface area (Å²) in [7, 11) is 0. The SMILES string of the molecule is C=CC1(C)CCC2C(C)(CCC3C(C)(COC4OC(COC(C)=O)C(O)C4OC(C)=O)CCCC32C)O1. The minimum Gasteiger partial charge on any atom is -0.463 e. The van der Waals surface area contributed by atoms with Crippen molar-refractivity contribution in [3.8, 4) is 0 Å². The second kappa shape index (κ2) is 10.2. The average molecular weight is 523 g/mol. The Kier molecular flexibility index (Phi) is 7.90. The monoisotopic (exact) mass is 522 g/mol. The summed E-state index contributed by atoms with van der Waals surface area (Å²) in [5.41, 5.74) is -0.426. The lowest BCUT2D eigenvalue weighted by molar-refractivity contribution is -0.264. The van der Waals surface area contributed by atoms with Gasteiger partial charge in [-0.3, -0.25) is 9.59 Å². The van der Waals surface area contributed by atoms with Crippen molar-refractivity contribution in [3.63, 3.8) is 0 Å². The lowest BCUT2D eigenvalue weighted by Crippen LogP contribution is -2.63. The minimum atomic E-state index is -1.15. The lowest BCUT2D eigenvalue weighted by Gasteiger charge is -2.65. The zero-order chi connectivity index (χ0) is 27.2. The van der Waals surface area contributed by atoms with Crippen LogP contribution in [-0.2, 0) is 33.3 Å². The van der Waals surface area contributed by atoms with Crippen LogP contribution in [0.3, 0.4) is 0 Å². The smallest absolute Gasteiger partial charge is 0.303 e. The van der Waals surface area contributed by atoms with E-state index < -0.39 is 36.5 Å². The van der Waals surface area contributed by atoms with E-state index >= 15 is 0 Å². The van der Waals surface area contributed by atoms with Crippen molar-refractivity contribution in [2.45, 2.75) is 122 Å². The Morgan fingerprint density at radius 1 is 1.03 bits per heavy atom. The first-order chi connectivity index (χ1) is 17.3. The largest absolute Gasteiger partial charge is 0.463 e. The van der Waals surface area contributed by atoms with Gasteiger partial charge < -0.3 is 28.8 Å². The molecule has 1 N–H and O–H groups in total. The maximum absolute atomic E-state index is 11.7. The predicted molar refractivity (Wildman–Crippen MR) is 136 cm³/mol. The minimum absolute atomic E-state index is 0.101. The normalized spacial score (nSPS) is 47.4. The van der Waals surface area contributed by atoms with Gasteiger partial charge in [0.1, 0.15) is 18.8 Å². The van der Waals surface area contributed by atoms with E-state index in [0.717, 1.165) is 38.5 Å². The van der Waals surface area contributed by atoms with E-state index in [-0.39, 0.29) is 28.6 Å². The van der Waals surface area contributed by atoms with Crippen molar-refractivity contribution in [1.82, 2.24) is 0 Å². The summed E-state index contributed by atoms with van der Waals surface area (Å²) >= 11 is 0. The number of esters is 2. The average Bonchev–Trinajstić information content (AvgIpc) is 3.09. The van der Waals surface area contributed by atoms with E-state index in [1.165, 1.54) is 20.3 Å². The van der Waals surface area contributed by atoms with Gasteiger partial charge in [-0.05, 0) is 75.0 Å². The summed E-state index contributed by atoms with van der Waals surface area (Å²) < 4.78 is 29.4. The number of aliphatic hydroxyl groups is 1. The maximum atomic E-state index is 11.7. The first-order valence-electron chi connectivity index (χ1n) is 13.8. The van der Waals surface area contributed by atoms with E-state index in [1.54, 1.807) is 0 Å². The van der Waals surface area contributed by atoms with Gasteiger partial charge in [0, 0.05) is 13.8 Å². The van der Waals surface area contributed by atoms with Crippen molar-refractivity contribution in [2.24, 2.45) is 22.7 Å². The number of hydrogen-bond acceptors (Lipinski definition) is 8. The molecule has 37 heavy (non-hydrogen) atoms. The first-order valence-corrected chi connectivity index (χ1v) is 13.8. The Morgan fingerprint density at radius 3 is 2.38 bits per heavy atom. The Bertz CT molecular complexity index is 891. The molecule has 10 atom stereocenters. The highest BCUT2D eigenvalue weighted by Gasteiger charge is 2.62. The molecule has 0 spiro atoms. The molecule has 0 amide bonds. The Hall–Kier alpha value is -1.48. The Morgan fingerprint density at radius 2 is 1.73 bits per heavy atom. The summed E-state index contributed by atoms with van der Waals surface area (Å²) in [4.78, 5) is 23.0. The van der Waals surface area contributed by atoms with Gasteiger partial charge in [0.2, 0.25) is 0 Å². The molecular formula is C29H46O8. The quantitative estimate of drug-likeness (QED) is 0.390. The molecule has 0 aromatic heterocycles. The zero-order valence-electron chi connectivity index (χ0n) is 23.4. The van der Waals surface area contributed by atoms with E-state index in [2.05, 4.69) is 34.3 Å². The summed E-state index contributed by atoms with van der Waals surface area (Å²) in [6, 6.07) is 0. The fourth-order valence-corrected chi connectivity index (χ4v) is 8.27. The standard InChI is InChI=1S/C29H46O8/c1-8-27(5)14-10-22-28(6)13-9-12-26(4,21(28)11-15-29(22,7)37-27)17-34-25-24(35-19(3)31)23(32)20(36-25)16-33-18(2)30/h8,20-25,32H,1,9-17H2,2-7H3. The van der Waals surface area contributed by atoms with Crippen molar-refractivity contribution in [1.29, 1.82) is 0 Å². The van der Waals surface area contributed by atoms with Gasteiger partial charge in [-0.15, -0.1) is 6.58 Å². The fourth-order valence-electron chi connectivity index (χ4n) is 8.27. The predicted octanol–water partition coefficient (Wildman–Crippen LogP) is 4.32. The summed E-state index contributed by atoms with van der Waals surface area (Å²) in [6.45, 7) is 16.1. The van der Waals surface area contributed by atoms with Crippen molar-refractivity contribution in [2.75, 3.05) is 13.2 Å². The molecule has 8 heteroatoms. The lowest BCUT2D eigenvalue weighted by atomic mass is 9.44. The van der Waals surface area contributed by atoms with Gasteiger partial charge in [-0.1, -0.05) is 26.3 Å². The highest BCUT2D eigenvalue weighted by molar-refractivity contribution is 5.66. The number of ether oxygens (including phenoxy) is 5. The number of fused-ring (bicyclic) bond motifs is 3. The number of rotatable bonds is 7. The maximum Gasteiger partial charge on any atom is 0.303 e. The highest BCUT2D eigenvalue weighted by Crippen LogP contribution is 2.65. The summed E-state index contributed by atoms with van der Waals surface area (Å²) in [6.07, 6.45) is 5.54. The molecule has 0 aromatic carbocycles. The molecule has 4 rings (SSSR count). The molecule has 0 bridgehead atoms. The van der Waals surface area contributed by atoms with Crippen LogP contribution >= 0.6 is 0 Å². The molecule has 210 valence electrons. The molecule has 2 saturated carbocycles. The zero-order valence-corrected chi connectivity index (χ0v) is 23.4. The van der Waals surface area contributed by atoms with Crippen molar-refractivity contribution >= 4 is 11.9 Å². The van der Waals surface area contributed by atoms with Crippen LogP contribution in [0.25, 0.3) is 0 Å². The van der Waals surface area contributed by atoms with Crippen LogP contribution in [0.15, 0.2) is 12.7 Å². The van der Waals surface area contributed by atoms with Gasteiger partial charge >= 0.3 is 11.9 Å². The molecule has 2 aliphatic carbocycles.